The topological polar surface area (TPSA) is 74.2 Å². The van der Waals surface area contributed by atoms with Crippen LogP contribution in [0.2, 0.25) is 0 Å². The van der Waals surface area contributed by atoms with Crippen LogP contribution in [0.4, 0.5) is 0 Å². The van der Waals surface area contributed by atoms with Crippen LogP contribution in [-0.2, 0) is 9.47 Å². The third-order valence-electron chi connectivity index (χ3n) is 13.3. The first-order valence-electron chi connectivity index (χ1n) is 18.8. The van der Waals surface area contributed by atoms with Crippen LogP contribution in [0.25, 0.3) is 0 Å². The summed E-state index contributed by atoms with van der Waals surface area (Å²) < 4.78 is 23.4. The zero-order valence-corrected chi connectivity index (χ0v) is 30.8. The van der Waals surface area contributed by atoms with Gasteiger partial charge in [0.1, 0.15) is 0 Å². The summed E-state index contributed by atoms with van der Waals surface area (Å²) in [6, 6.07) is 3.29. The lowest BCUT2D eigenvalue weighted by atomic mass is 9.46. The van der Waals surface area contributed by atoms with Crippen molar-refractivity contribution in [2.75, 3.05) is 0 Å². The minimum absolute atomic E-state index is 0.0199. The number of fused-ring (bicyclic) bond motifs is 5. The van der Waals surface area contributed by atoms with Crippen LogP contribution in [-0.4, -0.2) is 23.7 Å². The van der Waals surface area contributed by atoms with E-state index in [1.54, 1.807) is 26.0 Å². The maximum absolute atomic E-state index is 12.7. The van der Waals surface area contributed by atoms with Gasteiger partial charge in [0.25, 0.3) is 0 Å². The Balaban J connectivity index is 1.42. The Morgan fingerprint density at radius 3 is 2.31 bits per heavy atom. The van der Waals surface area contributed by atoms with E-state index in [4.69, 9.17) is 18.9 Å². The van der Waals surface area contributed by atoms with Gasteiger partial charge in [-0.15, -0.1) is 0 Å². The van der Waals surface area contributed by atoms with Crippen LogP contribution in [0.5, 0.6) is 11.5 Å². The Hall–Kier alpha value is -2.89. The van der Waals surface area contributed by atoms with Gasteiger partial charge >= 0.3 is 5.97 Å². The molecular formula is C42H62O6. The van der Waals surface area contributed by atoms with Gasteiger partial charge in [-0.05, 0) is 116 Å². The van der Waals surface area contributed by atoms with Gasteiger partial charge in [0.15, 0.2) is 11.5 Å². The number of hydrogen-bond donors (Lipinski definition) is 1. The Labute approximate surface area is 290 Å². The maximum Gasteiger partial charge on any atom is 0.336 e. The number of ether oxygens (including phenoxy) is 4. The molecule has 266 valence electrons. The van der Waals surface area contributed by atoms with Gasteiger partial charge in [0.2, 0.25) is 12.6 Å². The molecule has 1 aromatic rings. The number of aromatic carboxylic acids is 1. The molecule has 0 amide bonds. The molecule has 5 rings (SSSR count). The second-order valence-corrected chi connectivity index (χ2v) is 16.4. The Morgan fingerprint density at radius 2 is 1.65 bits per heavy atom. The number of allylic oxidation sites excluding steroid dienone is 2. The molecule has 0 aromatic heterocycles. The fourth-order valence-electron chi connectivity index (χ4n) is 11.0. The van der Waals surface area contributed by atoms with E-state index in [0.717, 1.165) is 55.3 Å². The fourth-order valence-corrected chi connectivity index (χ4v) is 11.0. The Morgan fingerprint density at radius 1 is 0.938 bits per heavy atom. The molecular weight excluding hydrogens is 600 g/mol. The second-order valence-electron chi connectivity index (χ2n) is 16.4. The van der Waals surface area contributed by atoms with Crippen LogP contribution >= 0.6 is 0 Å². The highest BCUT2D eigenvalue weighted by Gasteiger charge is 2.59. The minimum atomic E-state index is -0.971. The standard InChI is InChI=1S/C42H62O6/c1-10-45-28(6)47-37-20-17-33(40(43)44)38(39(37)48-29(7)46-11-2)30-21-23-41(8)31(25-30)15-16-32-35-19-18-34(27(5)14-12-13-26(3)4)42(35,9)24-22-36(32)41/h10-11,15,17,20,26-30,32,34-36H,1-2,12-14,16,18-19,21-25H2,3-9H3,(H,43,44)/t27-,28?,29?,30+,32+,34-,35+,36+,41+,42-/m1/s1. The smallest absolute Gasteiger partial charge is 0.336 e. The Kier molecular flexibility index (Phi) is 11.3. The number of carboxylic acids is 1. The predicted octanol–water partition coefficient (Wildman–Crippen LogP) is 11.3. The fraction of sp³-hybridized carbons (Fsp3) is 0.690. The van der Waals surface area contributed by atoms with E-state index in [0.29, 0.717) is 28.4 Å². The van der Waals surface area contributed by atoms with Crippen molar-refractivity contribution in [1.29, 1.82) is 0 Å². The minimum Gasteiger partial charge on any atom is -0.478 e. The van der Waals surface area contributed by atoms with E-state index < -0.39 is 18.5 Å². The van der Waals surface area contributed by atoms with Gasteiger partial charge in [-0.25, -0.2) is 4.79 Å². The summed E-state index contributed by atoms with van der Waals surface area (Å²) in [6.07, 6.45) is 17.3. The largest absolute Gasteiger partial charge is 0.478 e. The molecule has 0 heterocycles. The molecule has 6 nitrogen and oxygen atoms in total. The molecule has 48 heavy (non-hydrogen) atoms. The van der Waals surface area contributed by atoms with Crippen molar-refractivity contribution in [2.24, 2.45) is 46.3 Å². The molecule has 0 saturated heterocycles. The van der Waals surface area contributed by atoms with E-state index >= 15 is 0 Å². The van der Waals surface area contributed by atoms with E-state index in [9.17, 15) is 9.90 Å². The van der Waals surface area contributed by atoms with Crippen molar-refractivity contribution in [2.45, 2.75) is 138 Å². The highest BCUT2D eigenvalue weighted by Crippen LogP contribution is 2.68. The number of carbonyl (C=O) groups is 1. The molecule has 3 fully saturated rings. The molecule has 0 spiro atoms. The highest BCUT2D eigenvalue weighted by molar-refractivity contribution is 5.91. The maximum atomic E-state index is 12.7. The number of benzene rings is 1. The van der Waals surface area contributed by atoms with Crippen molar-refractivity contribution in [3.63, 3.8) is 0 Å². The van der Waals surface area contributed by atoms with Gasteiger partial charge in [-0.1, -0.05) is 78.7 Å². The molecule has 3 saturated carbocycles. The van der Waals surface area contributed by atoms with E-state index in [1.165, 1.54) is 63.0 Å². The van der Waals surface area contributed by atoms with Crippen molar-refractivity contribution in [1.82, 2.24) is 0 Å². The van der Waals surface area contributed by atoms with Crippen LogP contribution in [0, 0.1) is 46.3 Å². The van der Waals surface area contributed by atoms with Crippen molar-refractivity contribution >= 4 is 5.97 Å². The average molecular weight is 663 g/mol. The number of hydrogen-bond acceptors (Lipinski definition) is 5. The average Bonchev–Trinajstić information content (AvgIpc) is 3.38. The lowest BCUT2D eigenvalue weighted by molar-refractivity contribution is -0.0513. The third kappa shape index (κ3) is 7.05. The zero-order valence-electron chi connectivity index (χ0n) is 30.8. The van der Waals surface area contributed by atoms with E-state index in [2.05, 4.69) is 53.9 Å². The summed E-state index contributed by atoms with van der Waals surface area (Å²) in [5.41, 5.74) is 3.03. The Bertz CT molecular complexity index is 1350. The van der Waals surface area contributed by atoms with Crippen LogP contribution in [0.1, 0.15) is 141 Å². The monoisotopic (exact) mass is 662 g/mol. The molecule has 4 aliphatic rings. The summed E-state index contributed by atoms with van der Waals surface area (Å²) in [5.74, 6) is 4.52. The summed E-state index contributed by atoms with van der Waals surface area (Å²) in [5, 5.41) is 10.4. The first-order chi connectivity index (χ1) is 22.8. The third-order valence-corrected chi connectivity index (χ3v) is 13.3. The van der Waals surface area contributed by atoms with Crippen molar-refractivity contribution in [3.05, 3.63) is 60.6 Å². The predicted molar refractivity (Wildman–Crippen MR) is 192 cm³/mol. The molecule has 1 aromatic carbocycles. The zero-order chi connectivity index (χ0) is 34.8. The summed E-state index contributed by atoms with van der Waals surface area (Å²) >= 11 is 0. The molecule has 10 atom stereocenters. The van der Waals surface area contributed by atoms with Gasteiger partial charge in [0.05, 0.1) is 18.1 Å². The SMILES string of the molecule is C=COC(C)Oc1ccc(C(=O)O)c([C@H]2CC[C@@]3(C)C(=CC[C@H]4[C@@H]5CC[C@H]([C@H](C)CCCC(C)C)[C@@]5(C)CC[C@@H]43)C2)c1OC(C)OC=C. The van der Waals surface area contributed by atoms with Gasteiger partial charge in [0, 0.05) is 19.4 Å². The molecule has 0 aliphatic heterocycles. The molecule has 1 N–H and O–H groups in total. The molecule has 0 bridgehead atoms. The lowest BCUT2D eigenvalue weighted by Gasteiger charge is -2.58. The summed E-state index contributed by atoms with van der Waals surface area (Å²) in [7, 11) is 0. The molecule has 2 unspecified atom stereocenters. The highest BCUT2D eigenvalue weighted by atomic mass is 16.7. The van der Waals surface area contributed by atoms with E-state index in [-0.39, 0.29) is 16.9 Å². The lowest BCUT2D eigenvalue weighted by Crippen LogP contribution is -2.50. The van der Waals surface area contributed by atoms with Gasteiger partial charge < -0.3 is 24.1 Å². The van der Waals surface area contributed by atoms with Crippen LogP contribution in [0.3, 0.4) is 0 Å². The molecule has 0 radical (unpaired) electrons. The number of carboxylic acid groups (broad SMARTS) is 1. The quantitative estimate of drug-likeness (QED) is 0.114. The van der Waals surface area contributed by atoms with E-state index in [1.807, 2.05) is 0 Å². The van der Waals surface area contributed by atoms with Gasteiger partial charge in [-0.3, -0.25) is 0 Å². The molecule has 4 aliphatic carbocycles. The van der Waals surface area contributed by atoms with Gasteiger partial charge in [-0.2, -0.15) is 0 Å². The second kappa shape index (κ2) is 14.9. The normalized spacial score (nSPS) is 32.8. The van der Waals surface area contributed by atoms with Crippen molar-refractivity contribution < 1.29 is 28.8 Å². The number of rotatable bonds is 15. The summed E-state index contributed by atoms with van der Waals surface area (Å²) in [4.78, 5) is 12.7. The van der Waals surface area contributed by atoms with Crippen LogP contribution in [0.15, 0.2) is 49.5 Å². The van der Waals surface area contributed by atoms with Crippen LogP contribution < -0.4 is 9.47 Å². The molecule has 6 heteroatoms. The first kappa shape index (κ1) is 36.4. The van der Waals surface area contributed by atoms with Crippen molar-refractivity contribution in [3.8, 4) is 11.5 Å². The first-order valence-corrected chi connectivity index (χ1v) is 18.8. The summed E-state index contributed by atoms with van der Waals surface area (Å²) in [6.45, 7) is 23.3.